The number of hydrogen-bond acceptors (Lipinski definition) is 6. The monoisotopic (exact) mass is 355 g/mol. The molecular formula is C20H21NO5. The van der Waals surface area contributed by atoms with Crippen LogP contribution in [0.1, 0.15) is 6.42 Å². The molecule has 0 radical (unpaired) electrons. The summed E-state index contributed by atoms with van der Waals surface area (Å²) in [7, 11) is 3.91. The van der Waals surface area contributed by atoms with E-state index in [0.29, 0.717) is 17.9 Å². The Bertz CT molecular complexity index is 963. The molecule has 3 rings (SSSR count). The van der Waals surface area contributed by atoms with Crippen molar-refractivity contribution in [3.8, 4) is 28.6 Å². The number of benzene rings is 2. The lowest BCUT2D eigenvalue weighted by molar-refractivity contribution is 0.270. The van der Waals surface area contributed by atoms with Crippen LogP contribution in [0, 0.1) is 0 Å². The van der Waals surface area contributed by atoms with E-state index in [1.54, 1.807) is 0 Å². The summed E-state index contributed by atoms with van der Waals surface area (Å²) in [5, 5.41) is 20.3. The first-order valence-corrected chi connectivity index (χ1v) is 8.33. The molecular weight excluding hydrogens is 334 g/mol. The second-order valence-corrected chi connectivity index (χ2v) is 6.29. The van der Waals surface area contributed by atoms with Gasteiger partial charge in [0.05, 0.1) is 6.61 Å². The lowest BCUT2D eigenvalue weighted by Crippen LogP contribution is -2.15. The first-order valence-electron chi connectivity index (χ1n) is 8.33. The molecule has 6 nitrogen and oxygen atoms in total. The van der Waals surface area contributed by atoms with Gasteiger partial charge in [0.2, 0.25) is 5.75 Å². The standard InChI is InChI=1S/C20H21NO5/c1-21(2)9-6-10-25-19-16(24)11-14(22)18-15(23)12-17(26-20(18)19)13-7-4-3-5-8-13/h3-5,7-8,11-12,22,24H,6,9-10H2,1-2H3. The Morgan fingerprint density at radius 1 is 1.08 bits per heavy atom. The minimum Gasteiger partial charge on any atom is -0.507 e. The third-order valence-electron chi connectivity index (χ3n) is 3.97. The normalized spacial score (nSPS) is 11.2. The van der Waals surface area contributed by atoms with Crippen LogP contribution in [0.4, 0.5) is 0 Å². The van der Waals surface area contributed by atoms with E-state index >= 15 is 0 Å². The summed E-state index contributed by atoms with van der Waals surface area (Å²) in [6.45, 7) is 1.15. The van der Waals surface area contributed by atoms with E-state index in [2.05, 4.69) is 0 Å². The third-order valence-corrected chi connectivity index (χ3v) is 3.97. The highest BCUT2D eigenvalue weighted by Gasteiger charge is 2.19. The molecule has 1 heterocycles. The van der Waals surface area contributed by atoms with Gasteiger partial charge in [-0.05, 0) is 20.5 Å². The molecule has 0 spiro atoms. The van der Waals surface area contributed by atoms with Gasteiger partial charge in [-0.3, -0.25) is 4.79 Å². The van der Waals surface area contributed by atoms with Crippen molar-refractivity contribution in [2.24, 2.45) is 0 Å². The Hall–Kier alpha value is -2.99. The fraction of sp³-hybridized carbons (Fsp3) is 0.250. The van der Waals surface area contributed by atoms with Crippen molar-refractivity contribution in [1.29, 1.82) is 0 Å². The number of ether oxygens (including phenoxy) is 1. The van der Waals surface area contributed by atoms with E-state index in [4.69, 9.17) is 9.15 Å². The summed E-state index contributed by atoms with van der Waals surface area (Å²) in [5.41, 5.74) is 0.354. The molecule has 0 amide bonds. The molecule has 6 heteroatoms. The zero-order valence-electron chi connectivity index (χ0n) is 14.7. The highest BCUT2D eigenvalue weighted by Crippen LogP contribution is 2.40. The summed E-state index contributed by atoms with van der Waals surface area (Å²) in [5.74, 6) is -0.211. The van der Waals surface area contributed by atoms with Gasteiger partial charge in [-0.15, -0.1) is 0 Å². The summed E-state index contributed by atoms with van der Waals surface area (Å²) in [4.78, 5) is 14.5. The molecule has 0 bridgehead atoms. The molecule has 0 aliphatic rings. The predicted octanol–water partition coefficient (Wildman–Crippen LogP) is 3.20. The van der Waals surface area contributed by atoms with Crippen molar-refractivity contribution in [3.05, 3.63) is 52.7 Å². The van der Waals surface area contributed by atoms with Gasteiger partial charge in [0.25, 0.3) is 0 Å². The quantitative estimate of drug-likeness (QED) is 0.661. The molecule has 3 aromatic rings. The van der Waals surface area contributed by atoms with Crippen LogP contribution in [0.2, 0.25) is 0 Å². The molecule has 2 aromatic carbocycles. The highest BCUT2D eigenvalue weighted by molar-refractivity contribution is 5.91. The largest absolute Gasteiger partial charge is 0.507 e. The predicted molar refractivity (Wildman–Crippen MR) is 99.9 cm³/mol. The maximum absolute atomic E-state index is 12.5. The van der Waals surface area contributed by atoms with Gasteiger partial charge in [-0.1, -0.05) is 30.3 Å². The second kappa shape index (κ2) is 7.49. The SMILES string of the molecule is CN(C)CCCOc1c(O)cc(O)c2c(=O)cc(-c3ccccc3)oc12. The average Bonchev–Trinajstić information content (AvgIpc) is 2.60. The van der Waals surface area contributed by atoms with Gasteiger partial charge in [0, 0.05) is 24.2 Å². The number of fused-ring (bicyclic) bond motifs is 1. The number of rotatable bonds is 6. The second-order valence-electron chi connectivity index (χ2n) is 6.29. The molecule has 2 N–H and O–H groups in total. The van der Waals surface area contributed by atoms with Gasteiger partial charge in [0.1, 0.15) is 16.9 Å². The van der Waals surface area contributed by atoms with Crippen LogP contribution in [0.15, 0.2) is 51.7 Å². The molecule has 0 saturated heterocycles. The first-order chi connectivity index (χ1) is 12.5. The van der Waals surface area contributed by atoms with Gasteiger partial charge in [-0.2, -0.15) is 0 Å². The molecule has 0 aliphatic carbocycles. The maximum Gasteiger partial charge on any atom is 0.205 e. The molecule has 0 unspecified atom stereocenters. The smallest absolute Gasteiger partial charge is 0.205 e. The molecule has 0 atom stereocenters. The van der Waals surface area contributed by atoms with Crippen LogP contribution in [0.3, 0.4) is 0 Å². The Balaban J connectivity index is 2.08. The van der Waals surface area contributed by atoms with Crippen molar-refractivity contribution in [1.82, 2.24) is 4.90 Å². The highest BCUT2D eigenvalue weighted by atomic mass is 16.5. The van der Waals surface area contributed by atoms with Crippen LogP contribution >= 0.6 is 0 Å². The number of hydrogen-bond donors (Lipinski definition) is 2. The molecule has 136 valence electrons. The Morgan fingerprint density at radius 3 is 2.50 bits per heavy atom. The third kappa shape index (κ3) is 3.65. The van der Waals surface area contributed by atoms with E-state index in [0.717, 1.165) is 19.0 Å². The summed E-state index contributed by atoms with van der Waals surface area (Å²) in [6.07, 6.45) is 0.734. The topological polar surface area (TPSA) is 83.1 Å². The fourth-order valence-corrected chi connectivity index (χ4v) is 2.72. The minimum absolute atomic E-state index is 0.00918. The number of phenols is 2. The Kier molecular flexibility index (Phi) is 5.14. The van der Waals surface area contributed by atoms with Gasteiger partial charge in [-0.25, -0.2) is 0 Å². The van der Waals surface area contributed by atoms with E-state index < -0.39 is 5.43 Å². The van der Waals surface area contributed by atoms with Gasteiger partial charge < -0.3 is 24.3 Å². The minimum atomic E-state index is -0.402. The van der Waals surface area contributed by atoms with E-state index in [9.17, 15) is 15.0 Å². The van der Waals surface area contributed by atoms with Crippen molar-refractivity contribution >= 4 is 11.0 Å². The molecule has 0 saturated carbocycles. The molecule has 0 aliphatic heterocycles. The zero-order valence-corrected chi connectivity index (χ0v) is 14.7. The van der Waals surface area contributed by atoms with E-state index in [1.807, 2.05) is 49.3 Å². The number of nitrogens with zero attached hydrogens (tertiary/aromatic N) is 1. The lowest BCUT2D eigenvalue weighted by Gasteiger charge is -2.13. The summed E-state index contributed by atoms with van der Waals surface area (Å²) in [6, 6.07) is 11.6. The van der Waals surface area contributed by atoms with Crippen LogP contribution in [-0.4, -0.2) is 42.4 Å². The van der Waals surface area contributed by atoms with Crippen molar-refractivity contribution in [2.45, 2.75) is 6.42 Å². The molecule has 0 fully saturated rings. The van der Waals surface area contributed by atoms with Crippen LogP contribution in [0.5, 0.6) is 17.2 Å². The van der Waals surface area contributed by atoms with Gasteiger partial charge in [0.15, 0.2) is 16.8 Å². The first kappa shape index (κ1) is 17.8. The van der Waals surface area contributed by atoms with Crippen LogP contribution in [-0.2, 0) is 0 Å². The zero-order chi connectivity index (χ0) is 18.7. The van der Waals surface area contributed by atoms with Crippen molar-refractivity contribution in [3.63, 3.8) is 0 Å². The molecule has 1 aromatic heterocycles. The fourth-order valence-electron chi connectivity index (χ4n) is 2.72. The maximum atomic E-state index is 12.5. The Labute approximate surface area is 150 Å². The lowest BCUT2D eigenvalue weighted by atomic mass is 10.1. The molecule has 26 heavy (non-hydrogen) atoms. The van der Waals surface area contributed by atoms with Crippen LogP contribution < -0.4 is 10.2 Å². The van der Waals surface area contributed by atoms with E-state index in [1.165, 1.54) is 6.07 Å². The van der Waals surface area contributed by atoms with Crippen molar-refractivity contribution in [2.75, 3.05) is 27.2 Å². The summed E-state index contributed by atoms with van der Waals surface area (Å²) >= 11 is 0. The summed E-state index contributed by atoms with van der Waals surface area (Å²) < 4.78 is 11.5. The Morgan fingerprint density at radius 2 is 1.81 bits per heavy atom. The van der Waals surface area contributed by atoms with Gasteiger partial charge >= 0.3 is 0 Å². The van der Waals surface area contributed by atoms with Crippen LogP contribution in [0.25, 0.3) is 22.3 Å². The van der Waals surface area contributed by atoms with Crippen molar-refractivity contribution < 1.29 is 19.4 Å². The number of aromatic hydroxyl groups is 2. The average molecular weight is 355 g/mol. The number of phenolic OH excluding ortho intramolecular Hbond substituents is 2. The van der Waals surface area contributed by atoms with E-state index in [-0.39, 0.29) is 28.2 Å².